The summed E-state index contributed by atoms with van der Waals surface area (Å²) in [5.74, 6) is -0.116. The van der Waals surface area contributed by atoms with Crippen molar-refractivity contribution in [2.75, 3.05) is 25.6 Å². The van der Waals surface area contributed by atoms with E-state index in [0.717, 1.165) is 0 Å². The second kappa shape index (κ2) is 5.75. The fourth-order valence-corrected chi connectivity index (χ4v) is 1.74. The molecule has 1 amide bonds. The molecule has 1 aliphatic heterocycles. The van der Waals surface area contributed by atoms with Gasteiger partial charge in [-0.2, -0.15) is 0 Å². The lowest BCUT2D eigenvalue weighted by Gasteiger charge is -2.14. The van der Waals surface area contributed by atoms with Crippen molar-refractivity contribution in [3.8, 4) is 0 Å². The Morgan fingerprint density at radius 3 is 2.93 bits per heavy atom. The Balaban J connectivity index is 2.38. The normalized spacial score (nSPS) is 20.1. The highest BCUT2D eigenvalue weighted by molar-refractivity contribution is 6.27. The molecule has 0 aromatic rings. The van der Waals surface area contributed by atoms with E-state index in [1.165, 1.54) is 11.0 Å². The van der Waals surface area contributed by atoms with E-state index in [4.69, 9.17) is 16.3 Å². The second-order valence-electron chi connectivity index (χ2n) is 3.40. The van der Waals surface area contributed by atoms with Crippen LogP contribution in [0.15, 0.2) is 12.7 Å². The molecule has 0 aromatic heterocycles. The number of likely N-dealkylation sites (tertiary alicyclic amines) is 1. The molecule has 5 heteroatoms. The first kappa shape index (κ1) is 12.0. The number of ether oxygens (including phenoxy) is 1. The third kappa shape index (κ3) is 3.23. The maximum absolute atomic E-state index is 11.4. The lowest BCUT2D eigenvalue weighted by atomic mass is 10.1. The summed E-state index contributed by atoms with van der Waals surface area (Å²) in [7, 11) is 0. The lowest BCUT2D eigenvalue weighted by molar-refractivity contribution is -0.120. The van der Waals surface area contributed by atoms with Gasteiger partial charge in [-0.3, -0.25) is 4.79 Å². The minimum absolute atomic E-state index is 0.00399. The molecular formula is C10H14ClNO3. The minimum atomic E-state index is -0.389. The SMILES string of the molecule is C=CCOC(=O)N1CC[C@@H](C(=O)CCl)C1. The van der Waals surface area contributed by atoms with Crippen LogP contribution in [0.2, 0.25) is 0 Å². The molecule has 0 saturated carbocycles. The number of ketones is 1. The molecule has 84 valence electrons. The number of carbonyl (C=O) groups is 2. The number of nitrogens with zero attached hydrogens (tertiary/aromatic N) is 1. The van der Waals surface area contributed by atoms with Gasteiger partial charge in [-0.1, -0.05) is 12.7 Å². The lowest BCUT2D eigenvalue weighted by Crippen LogP contribution is -2.30. The van der Waals surface area contributed by atoms with Gasteiger partial charge in [-0.25, -0.2) is 4.79 Å². The second-order valence-corrected chi connectivity index (χ2v) is 3.66. The molecule has 0 radical (unpaired) electrons. The molecule has 0 aliphatic carbocycles. The van der Waals surface area contributed by atoms with Crippen LogP contribution in [0.25, 0.3) is 0 Å². The average molecular weight is 232 g/mol. The highest BCUT2D eigenvalue weighted by atomic mass is 35.5. The van der Waals surface area contributed by atoms with E-state index in [9.17, 15) is 9.59 Å². The van der Waals surface area contributed by atoms with E-state index < -0.39 is 0 Å². The Morgan fingerprint density at radius 2 is 2.33 bits per heavy atom. The third-order valence-electron chi connectivity index (χ3n) is 2.36. The molecule has 1 rings (SSSR count). The maximum Gasteiger partial charge on any atom is 0.410 e. The quantitative estimate of drug-likeness (QED) is 0.543. The predicted octanol–water partition coefficient (Wildman–Crippen LogP) is 1.44. The highest BCUT2D eigenvalue weighted by Crippen LogP contribution is 2.18. The fourth-order valence-electron chi connectivity index (χ4n) is 1.52. The molecule has 0 spiro atoms. The van der Waals surface area contributed by atoms with E-state index in [-0.39, 0.29) is 30.3 Å². The van der Waals surface area contributed by atoms with Gasteiger partial charge in [0.1, 0.15) is 6.61 Å². The topological polar surface area (TPSA) is 46.6 Å². The Morgan fingerprint density at radius 1 is 1.60 bits per heavy atom. The highest BCUT2D eigenvalue weighted by Gasteiger charge is 2.30. The summed E-state index contributed by atoms with van der Waals surface area (Å²) >= 11 is 5.45. The van der Waals surface area contributed by atoms with Crippen LogP contribution in [0, 0.1) is 5.92 Å². The van der Waals surface area contributed by atoms with Gasteiger partial charge in [-0.05, 0) is 6.42 Å². The number of alkyl halides is 1. The molecule has 0 bridgehead atoms. The summed E-state index contributed by atoms with van der Waals surface area (Å²) < 4.78 is 4.86. The number of rotatable bonds is 4. The molecule has 1 atom stereocenters. The van der Waals surface area contributed by atoms with Crippen LogP contribution < -0.4 is 0 Å². The van der Waals surface area contributed by atoms with E-state index in [0.29, 0.717) is 19.5 Å². The van der Waals surface area contributed by atoms with Gasteiger partial charge in [0.15, 0.2) is 5.78 Å². The van der Waals surface area contributed by atoms with Gasteiger partial charge in [0.05, 0.1) is 5.88 Å². The standard InChI is InChI=1S/C10H14ClNO3/c1-2-5-15-10(14)12-4-3-8(7-12)9(13)6-11/h2,8H,1,3-7H2/t8-/m1/s1. The fraction of sp³-hybridized carbons (Fsp3) is 0.600. The molecule has 4 nitrogen and oxygen atoms in total. The van der Waals surface area contributed by atoms with Crippen LogP contribution >= 0.6 is 11.6 Å². The van der Waals surface area contributed by atoms with Crippen molar-refractivity contribution < 1.29 is 14.3 Å². The summed E-state index contributed by atoms with van der Waals surface area (Å²) in [5.41, 5.74) is 0. The molecule has 0 aromatic carbocycles. The van der Waals surface area contributed by atoms with Gasteiger partial charge >= 0.3 is 6.09 Å². The van der Waals surface area contributed by atoms with Crippen LogP contribution in [0.5, 0.6) is 0 Å². The molecule has 0 unspecified atom stereocenters. The number of amides is 1. The Hall–Kier alpha value is -1.03. The van der Waals surface area contributed by atoms with E-state index >= 15 is 0 Å². The minimum Gasteiger partial charge on any atom is -0.445 e. The van der Waals surface area contributed by atoms with Crippen molar-refractivity contribution in [3.05, 3.63) is 12.7 Å². The van der Waals surface area contributed by atoms with Crippen LogP contribution in [0.3, 0.4) is 0 Å². The van der Waals surface area contributed by atoms with E-state index in [2.05, 4.69) is 6.58 Å². The van der Waals surface area contributed by atoms with Crippen molar-refractivity contribution in [3.63, 3.8) is 0 Å². The average Bonchev–Trinajstić information content (AvgIpc) is 2.74. The Kier molecular flexibility index (Phi) is 4.62. The van der Waals surface area contributed by atoms with Crippen LogP contribution in [-0.2, 0) is 9.53 Å². The number of hydrogen-bond donors (Lipinski definition) is 0. The van der Waals surface area contributed by atoms with Gasteiger partial charge in [0.2, 0.25) is 0 Å². The molecule has 1 heterocycles. The summed E-state index contributed by atoms with van der Waals surface area (Å²) in [6, 6.07) is 0. The zero-order valence-corrected chi connectivity index (χ0v) is 9.20. The molecule has 1 aliphatic rings. The van der Waals surface area contributed by atoms with Crippen molar-refractivity contribution in [2.24, 2.45) is 5.92 Å². The van der Waals surface area contributed by atoms with Crippen LogP contribution in [-0.4, -0.2) is 42.4 Å². The predicted molar refractivity (Wildman–Crippen MR) is 57.0 cm³/mol. The van der Waals surface area contributed by atoms with E-state index in [1.807, 2.05) is 0 Å². The van der Waals surface area contributed by atoms with Gasteiger partial charge in [-0.15, -0.1) is 11.6 Å². The van der Waals surface area contributed by atoms with Gasteiger partial charge < -0.3 is 9.64 Å². The first-order valence-electron chi connectivity index (χ1n) is 4.80. The Labute approximate surface area is 93.8 Å². The molecule has 1 fully saturated rings. The van der Waals surface area contributed by atoms with Gasteiger partial charge in [0.25, 0.3) is 0 Å². The first-order valence-corrected chi connectivity index (χ1v) is 5.33. The molecule has 15 heavy (non-hydrogen) atoms. The largest absolute Gasteiger partial charge is 0.445 e. The monoisotopic (exact) mass is 231 g/mol. The number of hydrogen-bond acceptors (Lipinski definition) is 3. The summed E-state index contributed by atoms with van der Waals surface area (Å²) in [6.45, 7) is 4.62. The molecule has 0 N–H and O–H groups in total. The zero-order chi connectivity index (χ0) is 11.3. The van der Waals surface area contributed by atoms with Crippen LogP contribution in [0.1, 0.15) is 6.42 Å². The Bertz CT molecular complexity index is 267. The summed E-state index contributed by atoms with van der Waals surface area (Å²) in [4.78, 5) is 24.2. The number of carbonyl (C=O) groups excluding carboxylic acids is 2. The maximum atomic E-state index is 11.4. The van der Waals surface area contributed by atoms with E-state index in [1.54, 1.807) is 0 Å². The number of Topliss-reactive ketones (excluding diaryl/α,β-unsaturated/α-hetero) is 1. The van der Waals surface area contributed by atoms with Crippen molar-refractivity contribution in [1.29, 1.82) is 0 Å². The molecule has 1 saturated heterocycles. The van der Waals surface area contributed by atoms with Crippen LogP contribution in [0.4, 0.5) is 4.79 Å². The summed E-state index contributed by atoms with van der Waals surface area (Å²) in [6.07, 6.45) is 1.80. The van der Waals surface area contributed by atoms with Gasteiger partial charge in [0, 0.05) is 19.0 Å². The van der Waals surface area contributed by atoms with Crippen molar-refractivity contribution in [1.82, 2.24) is 4.90 Å². The third-order valence-corrected chi connectivity index (χ3v) is 2.62. The smallest absolute Gasteiger partial charge is 0.410 e. The molecular weight excluding hydrogens is 218 g/mol. The zero-order valence-electron chi connectivity index (χ0n) is 8.45. The first-order chi connectivity index (χ1) is 7.19. The van der Waals surface area contributed by atoms with Crippen molar-refractivity contribution >= 4 is 23.5 Å². The summed E-state index contributed by atoms with van der Waals surface area (Å²) in [5, 5.41) is 0. The van der Waals surface area contributed by atoms with Crippen molar-refractivity contribution in [2.45, 2.75) is 6.42 Å². The number of halogens is 1.